The molecule has 0 spiro atoms. The molecule has 6 heteroatoms. The van der Waals surface area contributed by atoms with Gasteiger partial charge in [-0.15, -0.1) is 0 Å². The third kappa shape index (κ3) is 3.30. The van der Waals surface area contributed by atoms with Crippen molar-refractivity contribution in [1.82, 2.24) is 4.90 Å². The molecule has 1 saturated heterocycles. The molecule has 1 aliphatic heterocycles. The summed E-state index contributed by atoms with van der Waals surface area (Å²) in [6.45, 7) is 1.09. The molecule has 106 valence electrons. The first-order valence-electron chi connectivity index (χ1n) is 6.07. The van der Waals surface area contributed by atoms with Crippen LogP contribution < -0.4 is 0 Å². The van der Waals surface area contributed by atoms with E-state index in [0.717, 1.165) is 10.0 Å². The maximum absolute atomic E-state index is 12.7. The molecule has 19 heavy (non-hydrogen) atoms. The van der Waals surface area contributed by atoms with E-state index in [2.05, 4.69) is 15.9 Å². The summed E-state index contributed by atoms with van der Waals surface area (Å²) >= 11 is 3.42. The quantitative estimate of drug-likeness (QED) is 0.894. The van der Waals surface area contributed by atoms with E-state index in [0.29, 0.717) is 6.54 Å². The molecule has 2 nitrogen and oxygen atoms in total. The summed E-state index contributed by atoms with van der Waals surface area (Å²) in [6, 6.07) is 7.64. The van der Waals surface area contributed by atoms with Crippen LogP contribution in [-0.2, 0) is 6.54 Å². The number of likely N-dealkylation sites (tertiary alicyclic amines) is 1. The van der Waals surface area contributed by atoms with Crippen molar-refractivity contribution < 1.29 is 18.3 Å². The summed E-state index contributed by atoms with van der Waals surface area (Å²) in [5.41, 5.74) is -1.47. The molecule has 0 radical (unpaired) electrons. The van der Waals surface area contributed by atoms with E-state index < -0.39 is 11.8 Å². The van der Waals surface area contributed by atoms with Gasteiger partial charge in [-0.05, 0) is 24.5 Å². The molecule has 0 aliphatic carbocycles. The third-order valence-electron chi connectivity index (χ3n) is 3.56. The molecule has 0 aromatic heterocycles. The first kappa shape index (κ1) is 14.8. The van der Waals surface area contributed by atoms with E-state index in [9.17, 15) is 18.3 Å². The van der Waals surface area contributed by atoms with Gasteiger partial charge in [-0.25, -0.2) is 0 Å². The Kier molecular flexibility index (Phi) is 4.23. The van der Waals surface area contributed by atoms with Gasteiger partial charge >= 0.3 is 6.18 Å². The number of alkyl halides is 3. The summed E-state index contributed by atoms with van der Waals surface area (Å²) in [5, 5.41) is 9.59. The Labute approximate surface area is 118 Å². The maximum Gasteiger partial charge on any atom is 0.417 e. The zero-order valence-corrected chi connectivity index (χ0v) is 11.8. The van der Waals surface area contributed by atoms with Crippen LogP contribution in [0.5, 0.6) is 0 Å². The minimum absolute atomic E-state index is 0.247. The zero-order chi connectivity index (χ0) is 14.1. The molecule has 0 atom stereocenters. The standard InChI is InChI=1S/C13H15BrF3NO/c14-11-4-2-1-3-10(11)9-18-7-5-12(19,6-8-18)13(15,16)17/h1-4,19H,5-9H2. The van der Waals surface area contributed by atoms with Crippen molar-refractivity contribution in [3.63, 3.8) is 0 Å². The maximum atomic E-state index is 12.7. The second-order valence-electron chi connectivity index (χ2n) is 4.90. The molecule has 0 bridgehead atoms. The summed E-state index contributed by atoms with van der Waals surface area (Å²) in [6.07, 6.45) is -5.06. The van der Waals surface area contributed by atoms with Crippen LogP contribution in [0.4, 0.5) is 13.2 Å². The summed E-state index contributed by atoms with van der Waals surface area (Å²) in [4.78, 5) is 1.93. The van der Waals surface area contributed by atoms with Gasteiger partial charge in [-0.3, -0.25) is 4.90 Å². The van der Waals surface area contributed by atoms with Crippen LogP contribution in [0.25, 0.3) is 0 Å². The molecule has 1 aromatic rings. The van der Waals surface area contributed by atoms with Gasteiger partial charge in [0.15, 0.2) is 5.60 Å². The number of benzene rings is 1. The highest BCUT2D eigenvalue weighted by Crippen LogP contribution is 2.38. The van der Waals surface area contributed by atoms with Gasteiger partial charge < -0.3 is 5.11 Å². The molecule has 1 aliphatic rings. The van der Waals surface area contributed by atoms with E-state index in [1.54, 1.807) is 0 Å². The Morgan fingerprint density at radius 1 is 1.21 bits per heavy atom. The predicted octanol–water partition coefficient (Wildman–Crippen LogP) is 3.34. The van der Waals surface area contributed by atoms with Gasteiger partial charge in [0, 0.05) is 24.1 Å². The lowest BCUT2D eigenvalue weighted by molar-refractivity contribution is -0.272. The molecule has 1 heterocycles. The van der Waals surface area contributed by atoms with Crippen LogP contribution in [0, 0.1) is 0 Å². The van der Waals surface area contributed by atoms with Gasteiger partial charge in [0.25, 0.3) is 0 Å². The minimum Gasteiger partial charge on any atom is -0.380 e. The Balaban J connectivity index is 1.96. The Hall–Kier alpha value is -0.590. The van der Waals surface area contributed by atoms with Crippen LogP contribution in [-0.4, -0.2) is 34.9 Å². The highest BCUT2D eigenvalue weighted by Gasteiger charge is 2.54. The number of nitrogens with zero attached hydrogens (tertiary/aromatic N) is 1. The van der Waals surface area contributed by atoms with E-state index >= 15 is 0 Å². The number of hydrogen-bond donors (Lipinski definition) is 1. The van der Waals surface area contributed by atoms with Crippen molar-refractivity contribution in [1.29, 1.82) is 0 Å². The van der Waals surface area contributed by atoms with Crippen LogP contribution in [0.2, 0.25) is 0 Å². The smallest absolute Gasteiger partial charge is 0.380 e. The highest BCUT2D eigenvalue weighted by molar-refractivity contribution is 9.10. The topological polar surface area (TPSA) is 23.5 Å². The molecule has 1 aromatic carbocycles. The fourth-order valence-corrected chi connectivity index (χ4v) is 2.64. The van der Waals surface area contributed by atoms with Crippen LogP contribution in [0.1, 0.15) is 18.4 Å². The molecular formula is C13H15BrF3NO. The molecule has 1 N–H and O–H groups in total. The highest BCUT2D eigenvalue weighted by atomic mass is 79.9. The van der Waals surface area contributed by atoms with Gasteiger partial charge in [0.05, 0.1) is 0 Å². The number of hydrogen-bond acceptors (Lipinski definition) is 2. The first-order chi connectivity index (χ1) is 8.82. The van der Waals surface area contributed by atoms with Crippen LogP contribution >= 0.6 is 15.9 Å². The monoisotopic (exact) mass is 337 g/mol. The lowest BCUT2D eigenvalue weighted by atomic mass is 9.90. The molecule has 0 unspecified atom stereocenters. The first-order valence-corrected chi connectivity index (χ1v) is 6.86. The van der Waals surface area contributed by atoms with Crippen molar-refractivity contribution in [2.45, 2.75) is 31.2 Å². The number of halogens is 4. The zero-order valence-electron chi connectivity index (χ0n) is 10.3. The largest absolute Gasteiger partial charge is 0.417 e. The average molecular weight is 338 g/mol. The van der Waals surface area contributed by atoms with Gasteiger partial charge in [-0.1, -0.05) is 34.1 Å². The second kappa shape index (κ2) is 5.42. The third-order valence-corrected chi connectivity index (χ3v) is 4.34. The van der Waals surface area contributed by atoms with E-state index in [1.165, 1.54) is 0 Å². The molecule has 1 fully saturated rings. The molecule has 0 saturated carbocycles. The molecule has 0 amide bonds. The van der Waals surface area contributed by atoms with Crippen molar-refractivity contribution >= 4 is 15.9 Å². The lowest BCUT2D eigenvalue weighted by Crippen LogP contribution is -2.53. The summed E-state index contributed by atoms with van der Waals surface area (Å²) < 4.78 is 39.0. The lowest BCUT2D eigenvalue weighted by Gasteiger charge is -2.39. The van der Waals surface area contributed by atoms with Crippen molar-refractivity contribution in [2.24, 2.45) is 0 Å². The number of rotatable bonds is 2. The SMILES string of the molecule is OC1(C(F)(F)F)CCN(Cc2ccccc2Br)CC1. The molecule has 2 rings (SSSR count). The Bertz CT molecular complexity index is 442. The fraction of sp³-hybridized carbons (Fsp3) is 0.538. The fourth-order valence-electron chi connectivity index (χ4n) is 2.23. The second-order valence-corrected chi connectivity index (χ2v) is 5.75. The average Bonchev–Trinajstić information content (AvgIpc) is 2.34. The van der Waals surface area contributed by atoms with Gasteiger partial charge in [0.1, 0.15) is 0 Å². The van der Waals surface area contributed by atoms with Crippen LogP contribution in [0.3, 0.4) is 0 Å². The molecular weight excluding hydrogens is 323 g/mol. The Morgan fingerprint density at radius 3 is 2.32 bits per heavy atom. The van der Waals surface area contributed by atoms with Crippen molar-refractivity contribution in [3.05, 3.63) is 34.3 Å². The minimum atomic E-state index is -4.54. The summed E-state index contributed by atoms with van der Waals surface area (Å²) in [7, 11) is 0. The van der Waals surface area contributed by atoms with E-state index in [1.807, 2.05) is 29.2 Å². The van der Waals surface area contributed by atoms with E-state index in [4.69, 9.17) is 0 Å². The van der Waals surface area contributed by atoms with Gasteiger partial charge in [0.2, 0.25) is 0 Å². The van der Waals surface area contributed by atoms with E-state index in [-0.39, 0.29) is 25.9 Å². The van der Waals surface area contributed by atoms with Crippen molar-refractivity contribution in [3.8, 4) is 0 Å². The normalized spacial score (nSPS) is 20.5. The number of aliphatic hydroxyl groups is 1. The van der Waals surface area contributed by atoms with Crippen LogP contribution in [0.15, 0.2) is 28.7 Å². The summed E-state index contributed by atoms with van der Waals surface area (Å²) in [5.74, 6) is 0. The van der Waals surface area contributed by atoms with Crippen molar-refractivity contribution in [2.75, 3.05) is 13.1 Å². The predicted molar refractivity (Wildman–Crippen MR) is 69.7 cm³/mol. The Morgan fingerprint density at radius 2 is 1.79 bits per heavy atom. The van der Waals surface area contributed by atoms with Gasteiger partial charge in [-0.2, -0.15) is 13.2 Å². The number of piperidine rings is 1.